The number of imidazole rings is 1. The number of nitrogens with one attached hydrogen (secondary N) is 1. The molecular weight excluding hydrogens is 468 g/mol. The minimum Gasteiger partial charge on any atom is -0.355 e. The molecule has 1 N–H and O–H groups in total. The fourth-order valence-electron chi connectivity index (χ4n) is 4.71. The molecule has 8 heteroatoms. The van der Waals surface area contributed by atoms with Gasteiger partial charge in [-0.2, -0.15) is 0 Å². The van der Waals surface area contributed by atoms with Crippen LogP contribution >= 0.6 is 11.3 Å². The summed E-state index contributed by atoms with van der Waals surface area (Å²) in [5.74, 6) is 1.25. The molecule has 1 aliphatic rings. The maximum atomic E-state index is 12.7. The number of rotatable bonds is 6. The van der Waals surface area contributed by atoms with Crippen LogP contribution in [0.25, 0.3) is 16.2 Å². The van der Waals surface area contributed by atoms with Gasteiger partial charge in [0.05, 0.1) is 5.69 Å². The third-order valence-electron chi connectivity index (χ3n) is 6.72. The van der Waals surface area contributed by atoms with Crippen molar-refractivity contribution in [3.63, 3.8) is 0 Å². The van der Waals surface area contributed by atoms with Crippen LogP contribution in [0.1, 0.15) is 28.9 Å². The van der Waals surface area contributed by atoms with Crippen molar-refractivity contribution < 1.29 is 4.79 Å². The highest BCUT2D eigenvalue weighted by Gasteiger charge is 2.21. The number of hydrogen-bond donors (Lipinski definition) is 1. The van der Waals surface area contributed by atoms with E-state index in [4.69, 9.17) is 0 Å². The van der Waals surface area contributed by atoms with Crippen LogP contribution in [-0.2, 0) is 6.42 Å². The van der Waals surface area contributed by atoms with Gasteiger partial charge < -0.3 is 10.2 Å². The molecule has 0 radical (unpaired) electrons. The summed E-state index contributed by atoms with van der Waals surface area (Å²) >= 11 is 1.60. The van der Waals surface area contributed by atoms with Gasteiger partial charge in [0.15, 0.2) is 16.5 Å². The molecule has 6 rings (SSSR count). The van der Waals surface area contributed by atoms with Gasteiger partial charge in [0.25, 0.3) is 5.91 Å². The van der Waals surface area contributed by atoms with Gasteiger partial charge in [-0.05, 0) is 55.0 Å². The van der Waals surface area contributed by atoms with Crippen molar-refractivity contribution in [2.75, 3.05) is 23.3 Å². The predicted octanol–water partition coefficient (Wildman–Crippen LogP) is 5.56. The minimum atomic E-state index is -0.272. The van der Waals surface area contributed by atoms with E-state index in [1.165, 1.54) is 5.56 Å². The molecule has 1 amide bonds. The highest BCUT2D eigenvalue weighted by Crippen LogP contribution is 2.25. The Morgan fingerprint density at radius 1 is 0.972 bits per heavy atom. The average molecular weight is 495 g/mol. The topological polar surface area (TPSA) is 75.4 Å². The molecular formula is C28H26N6OS. The first-order valence-corrected chi connectivity index (χ1v) is 13.1. The van der Waals surface area contributed by atoms with Crippen LogP contribution in [0, 0.1) is 5.92 Å². The summed E-state index contributed by atoms with van der Waals surface area (Å²) in [6, 6.07) is 22.0. The van der Waals surface area contributed by atoms with Crippen molar-refractivity contribution in [3.05, 3.63) is 95.8 Å². The summed E-state index contributed by atoms with van der Waals surface area (Å²) in [6.45, 7) is 1.91. The maximum Gasteiger partial charge on any atom is 0.276 e. The Morgan fingerprint density at radius 2 is 1.78 bits per heavy atom. The molecule has 0 atom stereocenters. The van der Waals surface area contributed by atoms with Crippen molar-refractivity contribution >= 4 is 33.7 Å². The van der Waals surface area contributed by atoms with Crippen molar-refractivity contribution in [1.29, 1.82) is 0 Å². The lowest BCUT2D eigenvalue weighted by molar-refractivity contribution is 0.102. The van der Waals surface area contributed by atoms with Gasteiger partial charge in [0.2, 0.25) is 0 Å². The second-order valence-corrected chi connectivity index (χ2v) is 10.0. The Kier molecular flexibility index (Phi) is 6.17. The van der Waals surface area contributed by atoms with Crippen molar-refractivity contribution in [3.8, 4) is 11.3 Å². The number of amides is 1. The van der Waals surface area contributed by atoms with E-state index in [0.717, 1.165) is 54.4 Å². The Morgan fingerprint density at radius 3 is 2.50 bits per heavy atom. The molecule has 5 aromatic rings. The Hall–Kier alpha value is -4.04. The van der Waals surface area contributed by atoms with Crippen LogP contribution in [0.4, 0.5) is 11.5 Å². The average Bonchev–Trinajstić information content (AvgIpc) is 3.53. The van der Waals surface area contributed by atoms with Crippen molar-refractivity contribution in [2.24, 2.45) is 5.92 Å². The first kappa shape index (κ1) is 22.4. The van der Waals surface area contributed by atoms with Crippen molar-refractivity contribution in [1.82, 2.24) is 19.6 Å². The Balaban J connectivity index is 1.04. The summed E-state index contributed by atoms with van der Waals surface area (Å²) in [6.07, 6.45) is 7.38. The monoisotopic (exact) mass is 494 g/mol. The smallest absolute Gasteiger partial charge is 0.276 e. The molecule has 3 aromatic heterocycles. The second kappa shape index (κ2) is 9.91. The summed E-state index contributed by atoms with van der Waals surface area (Å²) in [5.41, 5.74) is 4.32. The predicted molar refractivity (Wildman–Crippen MR) is 144 cm³/mol. The molecule has 2 aromatic carbocycles. The Bertz CT molecular complexity index is 1420. The van der Waals surface area contributed by atoms with Crippen LogP contribution in [0.2, 0.25) is 0 Å². The molecule has 1 fully saturated rings. The molecule has 4 heterocycles. The lowest BCUT2D eigenvalue weighted by atomic mass is 9.90. The van der Waals surface area contributed by atoms with E-state index >= 15 is 0 Å². The van der Waals surface area contributed by atoms with E-state index in [2.05, 4.69) is 55.7 Å². The molecule has 0 bridgehead atoms. The number of thiazole rings is 1. The van der Waals surface area contributed by atoms with Gasteiger partial charge in [-0.25, -0.2) is 4.98 Å². The fourth-order valence-corrected chi connectivity index (χ4v) is 5.41. The third-order valence-corrected chi connectivity index (χ3v) is 7.49. The van der Waals surface area contributed by atoms with Gasteiger partial charge in [0, 0.05) is 42.1 Å². The SMILES string of the molecule is O=C(Nc1ccc(-c2cn3ccsc3n2)cc1)c1ccc(N2CCC(Cc3ccccc3)CC2)nn1. The van der Waals surface area contributed by atoms with Gasteiger partial charge in [-0.3, -0.25) is 9.20 Å². The number of anilines is 2. The number of nitrogens with zero attached hydrogens (tertiary/aromatic N) is 5. The van der Waals surface area contributed by atoms with Gasteiger partial charge >= 0.3 is 0 Å². The maximum absolute atomic E-state index is 12.7. The zero-order valence-corrected chi connectivity index (χ0v) is 20.6. The number of hydrogen-bond acceptors (Lipinski definition) is 6. The zero-order valence-electron chi connectivity index (χ0n) is 19.7. The standard InChI is InChI=1S/C28H26N6OS/c35-27(29-23-8-6-22(7-9-23)25-19-34-16-17-36-28(34)30-25)24-10-11-26(32-31-24)33-14-12-21(13-15-33)18-20-4-2-1-3-5-20/h1-11,16-17,19,21H,12-15,18H2,(H,29,35). The summed E-state index contributed by atoms with van der Waals surface area (Å²) in [4.78, 5) is 20.6. The number of fused-ring (bicyclic) bond motifs is 1. The molecule has 0 aliphatic carbocycles. The summed E-state index contributed by atoms with van der Waals surface area (Å²) in [7, 11) is 0. The first-order chi connectivity index (χ1) is 17.7. The lowest BCUT2D eigenvalue weighted by Gasteiger charge is -2.32. The normalized spacial score (nSPS) is 14.3. The number of carbonyl (C=O) groups excluding carboxylic acids is 1. The number of aromatic nitrogens is 4. The fraction of sp³-hybridized carbons (Fsp3) is 0.214. The van der Waals surface area contributed by atoms with E-state index in [-0.39, 0.29) is 5.91 Å². The molecule has 0 saturated carbocycles. The van der Waals surface area contributed by atoms with Gasteiger partial charge in [0.1, 0.15) is 0 Å². The zero-order chi connectivity index (χ0) is 24.3. The van der Waals surface area contributed by atoms with E-state index in [9.17, 15) is 4.79 Å². The van der Waals surface area contributed by atoms with Crippen LogP contribution in [0.3, 0.4) is 0 Å². The molecule has 0 spiro atoms. The van der Waals surface area contributed by atoms with Gasteiger partial charge in [-0.15, -0.1) is 21.5 Å². The number of piperidine rings is 1. The minimum absolute atomic E-state index is 0.272. The Labute approximate surface area is 213 Å². The van der Waals surface area contributed by atoms with Crippen LogP contribution in [0.15, 0.2) is 84.5 Å². The molecule has 36 heavy (non-hydrogen) atoms. The number of benzene rings is 2. The van der Waals surface area contributed by atoms with E-state index < -0.39 is 0 Å². The van der Waals surface area contributed by atoms with Gasteiger partial charge in [-0.1, -0.05) is 42.5 Å². The molecule has 180 valence electrons. The van der Waals surface area contributed by atoms with Crippen LogP contribution in [0.5, 0.6) is 0 Å². The van der Waals surface area contributed by atoms with E-state index in [1.54, 1.807) is 17.4 Å². The lowest BCUT2D eigenvalue weighted by Crippen LogP contribution is -2.35. The van der Waals surface area contributed by atoms with E-state index in [1.807, 2.05) is 52.5 Å². The van der Waals surface area contributed by atoms with Crippen molar-refractivity contribution in [2.45, 2.75) is 19.3 Å². The van der Waals surface area contributed by atoms with E-state index in [0.29, 0.717) is 17.3 Å². The summed E-state index contributed by atoms with van der Waals surface area (Å²) < 4.78 is 2.00. The largest absolute Gasteiger partial charge is 0.355 e. The number of carbonyl (C=O) groups is 1. The highest BCUT2D eigenvalue weighted by atomic mass is 32.1. The molecule has 0 unspecified atom stereocenters. The third kappa shape index (κ3) is 4.85. The summed E-state index contributed by atoms with van der Waals surface area (Å²) in [5, 5.41) is 13.5. The second-order valence-electron chi connectivity index (χ2n) is 9.15. The molecule has 1 aliphatic heterocycles. The molecule has 7 nitrogen and oxygen atoms in total. The van der Waals surface area contributed by atoms with Crippen LogP contribution < -0.4 is 10.2 Å². The van der Waals surface area contributed by atoms with Crippen LogP contribution in [-0.4, -0.2) is 38.6 Å². The molecule has 1 saturated heterocycles. The highest BCUT2D eigenvalue weighted by molar-refractivity contribution is 7.15. The quantitative estimate of drug-likeness (QED) is 0.334. The first-order valence-electron chi connectivity index (χ1n) is 12.2.